The van der Waals surface area contributed by atoms with Gasteiger partial charge in [-0.15, -0.1) is 0 Å². The first kappa shape index (κ1) is 47.9. The number of rotatable bonds is 18. The fourth-order valence-electron chi connectivity index (χ4n) is 10.1. The number of hydrogen-bond donors (Lipinski definition) is 1. The fourth-order valence-corrected chi connectivity index (χ4v) is 11.0. The van der Waals surface area contributed by atoms with Crippen LogP contribution in [0.15, 0.2) is 163 Å². The van der Waals surface area contributed by atoms with Crippen LogP contribution in [0.4, 0.5) is 0 Å². The lowest BCUT2D eigenvalue weighted by molar-refractivity contribution is 0.313. The molecule has 3 unspecified atom stereocenters. The monoisotopic (exact) mass is 856 g/mol. The summed E-state index contributed by atoms with van der Waals surface area (Å²) >= 11 is 1.92. The van der Waals surface area contributed by atoms with Gasteiger partial charge in [-0.3, -0.25) is 0 Å². The largest absolute Gasteiger partial charge is 0.362 e. The number of benzene rings is 2. The molecule has 63 heavy (non-hydrogen) atoms. The summed E-state index contributed by atoms with van der Waals surface area (Å²) < 4.78 is 2.65. The lowest BCUT2D eigenvalue weighted by Crippen LogP contribution is -2.33. The van der Waals surface area contributed by atoms with E-state index in [1.54, 1.807) is 0 Å². The summed E-state index contributed by atoms with van der Waals surface area (Å²) in [7, 11) is 2.39. The molecule has 3 aliphatic rings. The summed E-state index contributed by atoms with van der Waals surface area (Å²) in [6.07, 6.45) is 26.7. The number of nitrogens with zero attached hydrogens (tertiary/aromatic N) is 1. The highest BCUT2D eigenvalue weighted by atomic mass is 32.1. The number of thiophene rings is 1. The molecule has 6 rings (SSSR count). The standard InChI is InChI=1S/C59H76BN2S/c1-16-23-45(61-32-22-24-43(17-2)39(4)5)29-33-62(53-28-21-27-49-48-26-20-19-25-47(48)41(8)56(49)53)46(36-50(40(6)7)42(9)57(10,11)18-3)38-60-55-35-44-34-51-52(37-54(44)63-55)59(14,15)31-30-58(51,12)13/h16-17,19-26,28-29,32-35,37-41,49-50,61H,1-2,9,18,27,30-31,36H2,3-8,10-15H3/b32-22+,33-29+,43-24+,45-23+,46-38-. The molecule has 0 amide bonds. The number of allylic oxidation sites excluding steroid dienone is 12. The van der Waals surface area contributed by atoms with Crippen molar-refractivity contribution < 1.29 is 0 Å². The Bertz CT molecular complexity index is 2360. The van der Waals surface area contributed by atoms with Crippen LogP contribution in [0.3, 0.4) is 0 Å². The maximum Gasteiger partial charge on any atom is 0.197 e. The molecule has 331 valence electrons. The molecule has 3 aliphatic carbocycles. The maximum atomic E-state index is 4.87. The predicted molar refractivity (Wildman–Crippen MR) is 280 cm³/mol. The summed E-state index contributed by atoms with van der Waals surface area (Å²) in [5.41, 5.74) is 13.8. The van der Waals surface area contributed by atoms with E-state index in [1.165, 1.54) is 78.1 Å². The highest BCUT2D eigenvalue weighted by Gasteiger charge is 2.39. The van der Waals surface area contributed by atoms with E-state index < -0.39 is 0 Å². The molecule has 1 heterocycles. The van der Waals surface area contributed by atoms with Crippen LogP contribution in [0.2, 0.25) is 0 Å². The predicted octanol–water partition coefficient (Wildman–Crippen LogP) is 15.9. The summed E-state index contributed by atoms with van der Waals surface area (Å²) in [5.74, 6) is 4.18. The van der Waals surface area contributed by atoms with Gasteiger partial charge in [0.15, 0.2) is 7.28 Å². The second kappa shape index (κ2) is 19.7. The topological polar surface area (TPSA) is 15.3 Å². The van der Waals surface area contributed by atoms with Gasteiger partial charge in [0, 0.05) is 46.0 Å². The Morgan fingerprint density at radius 1 is 0.984 bits per heavy atom. The molecule has 3 aromatic rings. The Labute approximate surface area is 388 Å². The molecule has 1 N–H and O–H groups in total. The van der Waals surface area contributed by atoms with E-state index in [1.807, 2.05) is 35.8 Å². The van der Waals surface area contributed by atoms with Gasteiger partial charge in [0.1, 0.15) is 0 Å². The molecule has 0 saturated heterocycles. The first-order chi connectivity index (χ1) is 29.8. The molecule has 3 atom stereocenters. The van der Waals surface area contributed by atoms with Gasteiger partial charge in [-0.05, 0) is 152 Å². The average molecular weight is 856 g/mol. The molecular formula is C59H76BN2S. The summed E-state index contributed by atoms with van der Waals surface area (Å²) in [6.45, 7) is 41.3. The van der Waals surface area contributed by atoms with Crippen molar-refractivity contribution in [1.82, 2.24) is 10.2 Å². The van der Waals surface area contributed by atoms with Crippen LogP contribution >= 0.6 is 11.3 Å². The zero-order chi connectivity index (χ0) is 45.9. The lowest BCUT2D eigenvalue weighted by Gasteiger charge is -2.41. The molecule has 1 aromatic heterocycles. The van der Waals surface area contributed by atoms with Crippen molar-refractivity contribution >= 4 is 33.5 Å². The van der Waals surface area contributed by atoms with Crippen LogP contribution in [0, 0.1) is 23.2 Å². The molecule has 1 radical (unpaired) electrons. The van der Waals surface area contributed by atoms with Gasteiger partial charge in [0.05, 0.1) is 0 Å². The molecular weight excluding hydrogens is 780 g/mol. The third kappa shape index (κ3) is 10.4. The zero-order valence-electron chi connectivity index (χ0n) is 40.9. The Morgan fingerprint density at radius 2 is 1.67 bits per heavy atom. The number of fused-ring (bicyclic) bond motifs is 5. The van der Waals surface area contributed by atoms with E-state index in [9.17, 15) is 0 Å². The molecule has 2 nitrogen and oxygen atoms in total. The van der Waals surface area contributed by atoms with Crippen molar-refractivity contribution in [2.24, 2.45) is 23.2 Å². The lowest BCUT2D eigenvalue weighted by atomic mass is 9.63. The first-order valence-corrected chi connectivity index (χ1v) is 24.5. The van der Waals surface area contributed by atoms with E-state index in [0.717, 1.165) is 25.0 Å². The van der Waals surface area contributed by atoms with Gasteiger partial charge in [-0.1, -0.05) is 163 Å². The highest BCUT2D eigenvalue weighted by molar-refractivity contribution is 7.27. The van der Waals surface area contributed by atoms with E-state index in [4.69, 9.17) is 6.58 Å². The quantitative estimate of drug-likeness (QED) is 0.0779. The van der Waals surface area contributed by atoms with E-state index >= 15 is 0 Å². The molecule has 0 aliphatic heterocycles. The summed E-state index contributed by atoms with van der Waals surface area (Å²) in [4.78, 5) is 2.52. The Hall–Kier alpha value is -4.54. The normalized spacial score (nSPS) is 20.4. The third-order valence-electron chi connectivity index (χ3n) is 14.8. The van der Waals surface area contributed by atoms with Gasteiger partial charge in [-0.25, -0.2) is 0 Å². The van der Waals surface area contributed by atoms with Crippen molar-refractivity contribution in [3.8, 4) is 0 Å². The van der Waals surface area contributed by atoms with E-state index in [0.29, 0.717) is 23.7 Å². The zero-order valence-corrected chi connectivity index (χ0v) is 41.7. The van der Waals surface area contributed by atoms with Crippen molar-refractivity contribution in [3.05, 3.63) is 185 Å². The number of hydrogen-bond acceptors (Lipinski definition) is 3. The summed E-state index contributed by atoms with van der Waals surface area (Å²) in [6, 6.07) is 16.6. The fraction of sp³-hybridized carbons (Fsp3) is 0.424. The minimum atomic E-state index is 0.0154. The smallest absolute Gasteiger partial charge is 0.197 e. The average Bonchev–Trinajstić information content (AvgIpc) is 3.79. The molecule has 0 saturated carbocycles. The van der Waals surface area contributed by atoms with Crippen molar-refractivity contribution in [2.75, 3.05) is 0 Å². The van der Waals surface area contributed by atoms with Gasteiger partial charge in [-0.2, -0.15) is 11.3 Å². The van der Waals surface area contributed by atoms with E-state index in [2.05, 4.69) is 199 Å². The van der Waals surface area contributed by atoms with Gasteiger partial charge in [0.25, 0.3) is 0 Å². The maximum absolute atomic E-state index is 4.87. The molecule has 4 heteroatoms. The highest BCUT2D eigenvalue weighted by Crippen LogP contribution is 2.52. The molecule has 0 fully saturated rings. The van der Waals surface area contributed by atoms with Crippen LogP contribution in [-0.2, 0) is 10.8 Å². The van der Waals surface area contributed by atoms with Crippen molar-refractivity contribution in [1.29, 1.82) is 0 Å². The van der Waals surface area contributed by atoms with Gasteiger partial charge < -0.3 is 10.2 Å². The second-order valence-corrected chi connectivity index (χ2v) is 22.1. The minimum Gasteiger partial charge on any atom is -0.362 e. The molecule has 2 aromatic carbocycles. The summed E-state index contributed by atoms with van der Waals surface area (Å²) in [5, 5.41) is 4.91. The third-order valence-corrected chi connectivity index (χ3v) is 15.9. The Kier molecular flexibility index (Phi) is 15.0. The Balaban J connectivity index is 1.52. The van der Waals surface area contributed by atoms with Crippen molar-refractivity contribution in [2.45, 2.75) is 138 Å². The Morgan fingerprint density at radius 3 is 2.30 bits per heavy atom. The van der Waals surface area contributed by atoms with Gasteiger partial charge >= 0.3 is 0 Å². The second-order valence-electron chi connectivity index (χ2n) is 20.9. The van der Waals surface area contributed by atoms with Gasteiger partial charge in [0.2, 0.25) is 0 Å². The van der Waals surface area contributed by atoms with Crippen LogP contribution in [-0.4, -0.2) is 12.2 Å². The number of nitrogens with one attached hydrogen (secondary N) is 1. The molecule has 0 bridgehead atoms. The SMILES string of the molecule is C=C/C=C(\C=C\N(C1=C2C(C)c3ccccc3C2CC=C1)/C(=C\[B]c1cc2cc3c(cc2s1)C(C)(C)CCC3(C)C)CC(C(=C)C(C)(C)CC)C(C)C)N/C=C/C=C(\C=C)C(C)C. The van der Waals surface area contributed by atoms with Crippen LogP contribution in [0.25, 0.3) is 10.1 Å². The van der Waals surface area contributed by atoms with Crippen molar-refractivity contribution in [3.63, 3.8) is 0 Å². The molecule has 0 spiro atoms. The van der Waals surface area contributed by atoms with Crippen LogP contribution in [0.5, 0.6) is 0 Å². The first-order valence-electron chi connectivity index (χ1n) is 23.7. The van der Waals surface area contributed by atoms with Crippen LogP contribution in [0.1, 0.15) is 149 Å². The van der Waals surface area contributed by atoms with Crippen LogP contribution < -0.4 is 10.1 Å². The van der Waals surface area contributed by atoms with E-state index in [-0.39, 0.29) is 22.2 Å². The minimum absolute atomic E-state index is 0.0154.